The fourth-order valence-electron chi connectivity index (χ4n) is 11.7. The van der Waals surface area contributed by atoms with Gasteiger partial charge in [0.2, 0.25) is 0 Å². The van der Waals surface area contributed by atoms with E-state index >= 15 is 0 Å². The van der Waals surface area contributed by atoms with E-state index in [4.69, 9.17) is 14.2 Å². The second-order valence-corrected chi connectivity index (χ2v) is 16.3. The van der Waals surface area contributed by atoms with Crippen LogP contribution in [0.5, 0.6) is 5.75 Å². The van der Waals surface area contributed by atoms with Crippen molar-refractivity contribution in [2.45, 2.75) is 76.1 Å². The van der Waals surface area contributed by atoms with Crippen LogP contribution in [0.2, 0.25) is 0 Å². The zero-order chi connectivity index (χ0) is 37.4. The number of aromatic nitrogens is 2. The van der Waals surface area contributed by atoms with Crippen LogP contribution < -0.4 is 0 Å². The number of aromatic hydroxyl groups is 1. The third-order valence-electron chi connectivity index (χ3n) is 14.1. The number of aromatic amines is 2. The van der Waals surface area contributed by atoms with Crippen molar-refractivity contribution in [1.29, 1.82) is 0 Å². The Morgan fingerprint density at radius 3 is 2.46 bits per heavy atom. The average Bonchev–Trinajstić information content (AvgIpc) is 3.78. The molecule has 0 amide bonds. The van der Waals surface area contributed by atoms with Crippen molar-refractivity contribution in [3.8, 4) is 5.75 Å². The number of nitrogens with zero attached hydrogens (tertiary/aromatic N) is 2. The molecule has 2 aromatic heterocycles. The normalized spacial score (nSPS) is 31.2. The van der Waals surface area contributed by atoms with Crippen LogP contribution in [0.3, 0.4) is 0 Å². The van der Waals surface area contributed by atoms with Crippen molar-refractivity contribution in [1.82, 2.24) is 19.8 Å². The van der Waals surface area contributed by atoms with E-state index in [9.17, 15) is 19.8 Å². The highest BCUT2D eigenvalue weighted by atomic mass is 16.5. The van der Waals surface area contributed by atoms with Crippen molar-refractivity contribution in [3.63, 3.8) is 0 Å². The van der Waals surface area contributed by atoms with Crippen molar-refractivity contribution in [2.75, 3.05) is 41.0 Å². The van der Waals surface area contributed by atoms with E-state index in [1.807, 2.05) is 0 Å². The van der Waals surface area contributed by atoms with Gasteiger partial charge in [-0.3, -0.25) is 14.6 Å². The van der Waals surface area contributed by atoms with Crippen LogP contribution in [-0.4, -0.2) is 89.0 Å². The molecule has 0 bridgehead atoms. The minimum Gasteiger partial charge on any atom is -0.507 e. The minimum atomic E-state index is -0.766. The summed E-state index contributed by atoms with van der Waals surface area (Å²) in [7, 11) is 4.41. The largest absolute Gasteiger partial charge is 0.507 e. The molecule has 0 radical (unpaired) electrons. The van der Waals surface area contributed by atoms with Gasteiger partial charge in [-0.15, -0.1) is 0 Å². The highest BCUT2D eigenvalue weighted by molar-refractivity contribution is 5.92. The second kappa shape index (κ2) is 13.8. The second-order valence-electron chi connectivity index (χ2n) is 16.3. The topological polar surface area (TPSA) is 140 Å². The molecule has 9 rings (SSSR count). The van der Waals surface area contributed by atoms with Gasteiger partial charge in [0.25, 0.3) is 0 Å². The quantitative estimate of drug-likeness (QED) is 0.103. The molecule has 3 fully saturated rings. The van der Waals surface area contributed by atoms with Gasteiger partial charge in [0.15, 0.2) is 0 Å². The standard InChI is InChI=1S/C43H52N4O7/c1-5-22-20-46-16-14-26-36-32(45-39(26)33(46)18-28(22)30(21-52-2)42(50)53-3)12-10-27(41(36)49)40-25-11-13-35(48)37(43(51)54-4)29(25)19-34-38-24(15-17-47(34)40)23-8-6-7-9-31(23)44-38/h6-10,12,21-22,25,28-29,33-35,37,40,44-45,48-49H,5,11,13-20H2,1-4H3/b30-21+/t22-,25+,28-,29-,33-,34+,35+,37+,40+/m0/s1. The Hall–Kier alpha value is -4.32. The number of aliphatic hydroxyl groups excluding tert-OH is 1. The van der Waals surface area contributed by atoms with Gasteiger partial charge in [-0.05, 0) is 85.5 Å². The number of benzene rings is 2. The van der Waals surface area contributed by atoms with E-state index in [-0.39, 0.29) is 53.7 Å². The van der Waals surface area contributed by atoms with Gasteiger partial charge in [0.05, 0.1) is 57.3 Å². The van der Waals surface area contributed by atoms with Crippen LogP contribution in [-0.2, 0) is 36.6 Å². The molecule has 2 aromatic carbocycles. The number of rotatable bonds is 6. The van der Waals surface area contributed by atoms with Gasteiger partial charge in [0, 0.05) is 64.4 Å². The third kappa shape index (κ3) is 5.33. The van der Waals surface area contributed by atoms with Gasteiger partial charge in [-0.2, -0.15) is 0 Å². The third-order valence-corrected chi connectivity index (χ3v) is 14.1. The van der Waals surface area contributed by atoms with Crippen LogP contribution in [0.4, 0.5) is 0 Å². The number of phenolic OH excluding ortho intramolecular Hbond substituents is 1. The Morgan fingerprint density at radius 2 is 1.69 bits per heavy atom. The summed E-state index contributed by atoms with van der Waals surface area (Å²) in [6.45, 7) is 4.74. The molecule has 0 spiro atoms. The molecule has 1 saturated carbocycles. The van der Waals surface area contributed by atoms with Crippen molar-refractivity contribution < 1.29 is 34.0 Å². The number of ether oxygens (including phenoxy) is 3. The molecular weight excluding hydrogens is 684 g/mol. The maximum atomic E-state index is 13.4. The summed E-state index contributed by atoms with van der Waals surface area (Å²) in [6, 6.07) is 12.5. The summed E-state index contributed by atoms with van der Waals surface area (Å²) in [6.07, 6.45) is 6.15. The number of hydrogen-bond donors (Lipinski definition) is 4. The number of carbonyl (C=O) groups excluding carboxylic acids is 2. The van der Waals surface area contributed by atoms with Gasteiger partial charge >= 0.3 is 11.9 Å². The number of hydrogen-bond acceptors (Lipinski definition) is 9. The molecule has 11 heteroatoms. The van der Waals surface area contributed by atoms with Crippen LogP contribution >= 0.6 is 0 Å². The number of piperidine rings is 2. The number of nitrogens with one attached hydrogen (secondary N) is 2. The number of aliphatic hydroxyl groups is 1. The molecule has 9 atom stereocenters. The van der Waals surface area contributed by atoms with E-state index in [2.05, 4.69) is 63.1 Å². The lowest BCUT2D eigenvalue weighted by Gasteiger charge is -2.55. The lowest BCUT2D eigenvalue weighted by atomic mass is 9.61. The molecule has 54 heavy (non-hydrogen) atoms. The predicted molar refractivity (Wildman–Crippen MR) is 204 cm³/mol. The van der Waals surface area contributed by atoms with Gasteiger partial charge in [-0.1, -0.05) is 37.6 Å². The SMILES string of the molecule is CC[C@H]1CN2CCc3c([nH]c4ccc([C@H]5[C@@H]6CC[C@@H](O)[C@H](C(=O)OC)[C@H]6C[C@@H]6c7[nH]c8ccccc8c7CCN65)c(O)c34)[C@@H]2C[C@@H]1/C(=C\OC)C(=O)OC. The maximum Gasteiger partial charge on any atom is 0.337 e. The molecule has 0 unspecified atom stereocenters. The number of phenols is 1. The number of para-hydroxylation sites is 1. The molecule has 286 valence electrons. The summed E-state index contributed by atoms with van der Waals surface area (Å²) < 4.78 is 15.9. The summed E-state index contributed by atoms with van der Waals surface area (Å²) in [5.41, 5.74) is 8.23. The Balaban J connectivity index is 1.14. The van der Waals surface area contributed by atoms with Crippen molar-refractivity contribution in [2.24, 2.45) is 29.6 Å². The lowest BCUT2D eigenvalue weighted by Crippen LogP contribution is -2.54. The smallest absolute Gasteiger partial charge is 0.337 e. The lowest BCUT2D eigenvalue weighted by molar-refractivity contribution is -0.163. The highest BCUT2D eigenvalue weighted by Gasteiger charge is 2.55. The monoisotopic (exact) mass is 736 g/mol. The number of H-pyrrole nitrogens is 2. The molecule has 11 nitrogen and oxygen atoms in total. The number of fused-ring (bicyclic) bond motifs is 11. The molecule has 1 aliphatic carbocycles. The van der Waals surface area contributed by atoms with E-state index in [1.54, 1.807) is 13.4 Å². The zero-order valence-electron chi connectivity index (χ0n) is 31.6. The maximum absolute atomic E-state index is 13.4. The van der Waals surface area contributed by atoms with E-state index in [0.717, 1.165) is 91.4 Å². The Morgan fingerprint density at radius 1 is 0.907 bits per heavy atom. The molecule has 5 aliphatic rings. The minimum absolute atomic E-state index is 0.0107. The molecule has 4 aliphatic heterocycles. The summed E-state index contributed by atoms with van der Waals surface area (Å²) in [4.78, 5) is 39.0. The first-order chi connectivity index (χ1) is 26.3. The van der Waals surface area contributed by atoms with Gasteiger partial charge in [-0.25, -0.2) is 4.79 Å². The van der Waals surface area contributed by atoms with Crippen molar-refractivity contribution >= 4 is 33.7 Å². The Kier molecular flexibility index (Phi) is 9.02. The molecule has 6 heterocycles. The van der Waals surface area contributed by atoms with E-state index in [1.165, 1.54) is 30.9 Å². The van der Waals surface area contributed by atoms with Crippen LogP contribution in [0.25, 0.3) is 21.8 Å². The number of carbonyl (C=O) groups is 2. The van der Waals surface area contributed by atoms with E-state index < -0.39 is 12.0 Å². The molecule has 2 saturated heterocycles. The molecular formula is C43H52N4O7. The van der Waals surface area contributed by atoms with Gasteiger partial charge in [0.1, 0.15) is 5.75 Å². The number of methoxy groups -OCH3 is 3. The predicted octanol–water partition coefficient (Wildman–Crippen LogP) is 6.22. The fraction of sp³-hybridized carbons (Fsp3) is 0.535. The summed E-state index contributed by atoms with van der Waals surface area (Å²) in [5.74, 6) is -0.851. The summed E-state index contributed by atoms with van der Waals surface area (Å²) in [5, 5.41) is 26.0. The van der Waals surface area contributed by atoms with Crippen LogP contribution in [0.15, 0.2) is 48.2 Å². The zero-order valence-corrected chi connectivity index (χ0v) is 31.6. The first-order valence-corrected chi connectivity index (χ1v) is 19.8. The Bertz CT molecular complexity index is 2140. The van der Waals surface area contributed by atoms with Gasteiger partial charge < -0.3 is 34.4 Å². The summed E-state index contributed by atoms with van der Waals surface area (Å²) >= 11 is 0. The Labute approximate surface area is 315 Å². The van der Waals surface area contributed by atoms with Crippen molar-refractivity contribution in [3.05, 3.63) is 76.3 Å². The fourth-order valence-corrected chi connectivity index (χ4v) is 11.7. The highest BCUT2D eigenvalue weighted by Crippen LogP contribution is 2.58. The first kappa shape index (κ1) is 35.4. The molecule has 4 N–H and O–H groups in total. The molecule has 4 aromatic rings. The van der Waals surface area contributed by atoms with Crippen LogP contribution in [0.1, 0.15) is 85.2 Å². The first-order valence-electron chi connectivity index (χ1n) is 19.8. The van der Waals surface area contributed by atoms with E-state index in [0.29, 0.717) is 17.7 Å². The number of esters is 2. The average molecular weight is 737 g/mol. The van der Waals surface area contributed by atoms with Crippen LogP contribution in [0, 0.1) is 29.6 Å².